The molecule has 0 atom stereocenters. The van der Waals surface area contributed by atoms with Crippen molar-refractivity contribution in [3.8, 4) is 5.75 Å². The number of anilines is 3. The average molecular weight is 339 g/mol. The number of methoxy groups -OCH3 is 1. The summed E-state index contributed by atoms with van der Waals surface area (Å²) in [5.74, 6) is 1.92. The Morgan fingerprint density at radius 2 is 2.16 bits per heavy atom. The number of aryl methyl sites for hydroxylation is 1. The zero-order valence-electron chi connectivity index (χ0n) is 14.9. The van der Waals surface area contributed by atoms with Gasteiger partial charge in [-0.3, -0.25) is 0 Å². The molecule has 1 aliphatic rings. The lowest BCUT2D eigenvalue weighted by molar-refractivity contribution is 0.416. The fourth-order valence-electron chi connectivity index (χ4n) is 2.96. The molecule has 0 saturated heterocycles. The van der Waals surface area contributed by atoms with Gasteiger partial charge in [-0.15, -0.1) is 5.10 Å². The van der Waals surface area contributed by atoms with Crippen LogP contribution >= 0.6 is 0 Å². The molecule has 1 aromatic heterocycles. The maximum Gasteiger partial charge on any atom is 0.249 e. The lowest BCUT2D eigenvalue weighted by Gasteiger charge is -2.13. The Labute approximate surface area is 148 Å². The highest BCUT2D eigenvalue weighted by Gasteiger charge is 2.07. The monoisotopic (exact) mass is 339 g/mol. The summed E-state index contributed by atoms with van der Waals surface area (Å²) in [6.07, 6.45) is 10.2. The fourth-order valence-corrected chi connectivity index (χ4v) is 2.96. The third-order valence-electron chi connectivity index (χ3n) is 4.30. The third kappa shape index (κ3) is 4.92. The van der Waals surface area contributed by atoms with E-state index in [1.807, 2.05) is 25.1 Å². The van der Waals surface area contributed by atoms with Crippen LogP contribution < -0.4 is 15.4 Å². The van der Waals surface area contributed by atoms with Crippen molar-refractivity contribution in [2.75, 3.05) is 24.3 Å². The van der Waals surface area contributed by atoms with E-state index < -0.39 is 0 Å². The molecule has 6 heteroatoms. The van der Waals surface area contributed by atoms with Crippen LogP contribution in [0.15, 0.2) is 36.0 Å². The topological polar surface area (TPSA) is 72.0 Å². The molecule has 25 heavy (non-hydrogen) atoms. The largest absolute Gasteiger partial charge is 0.495 e. The van der Waals surface area contributed by atoms with Crippen molar-refractivity contribution in [1.29, 1.82) is 0 Å². The van der Waals surface area contributed by atoms with Crippen LogP contribution in [0.1, 0.15) is 37.7 Å². The third-order valence-corrected chi connectivity index (χ3v) is 4.30. The van der Waals surface area contributed by atoms with Crippen LogP contribution in [0.5, 0.6) is 5.75 Å². The normalized spacial score (nSPS) is 13.9. The summed E-state index contributed by atoms with van der Waals surface area (Å²) in [6.45, 7) is 2.89. The lowest BCUT2D eigenvalue weighted by atomic mass is 9.97. The molecule has 0 saturated carbocycles. The summed E-state index contributed by atoms with van der Waals surface area (Å²) in [5.41, 5.74) is 3.50. The van der Waals surface area contributed by atoms with Crippen molar-refractivity contribution in [3.63, 3.8) is 0 Å². The minimum absolute atomic E-state index is 0.450. The van der Waals surface area contributed by atoms with Crippen molar-refractivity contribution in [1.82, 2.24) is 15.2 Å². The summed E-state index contributed by atoms with van der Waals surface area (Å²) in [4.78, 5) is 4.48. The maximum absolute atomic E-state index is 5.37. The Hall–Kier alpha value is -2.63. The summed E-state index contributed by atoms with van der Waals surface area (Å²) >= 11 is 0. The SMILES string of the molecule is COc1ccc(C)cc1Nc1nncc(NCCC2=CCCCC2)n1. The van der Waals surface area contributed by atoms with Gasteiger partial charge < -0.3 is 15.4 Å². The Kier molecular flexibility index (Phi) is 5.82. The van der Waals surface area contributed by atoms with Gasteiger partial charge in [0.25, 0.3) is 0 Å². The van der Waals surface area contributed by atoms with Gasteiger partial charge in [0.15, 0.2) is 5.82 Å². The van der Waals surface area contributed by atoms with Crippen LogP contribution in [0.2, 0.25) is 0 Å². The highest BCUT2D eigenvalue weighted by atomic mass is 16.5. The molecule has 0 spiro atoms. The molecule has 6 nitrogen and oxygen atoms in total. The molecule has 1 aromatic carbocycles. The molecule has 0 bridgehead atoms. The predicted octanol–water partition coefficient (Wildman–Crippen LogP) is 4.23. The van der Waals surface area contributed by atoms with E-state index in [1.165, 1.54) is 25.7 Å². The van der Waals surface area contributed by atoms with Crippen LogP contribution in [-0.2, 0) is 0 Å². The Morgan fingerprint density at radius 3 is 2.96 bits per heavy atom. The predicted molar refractivity (Wildman–Crippen MR) is 100 cm³/mol. The van der Waals surface area contributed by atoms with Crippen molar-refractivity contribution in [3.05, 3.63) is 41.6 Å². The summed E-state index contributed by atoms with van der Waals surface area (Å²) in [6, 6.07) is 5.92. The summed E-state index contributed by atoms with van der Waals surface area (Å²) in [7, 11) is 1.65. The number of nitrogens with one attached hydrogen (secondary N) is 2. The van der Waals surface area contributed by atoms with Gasteiger partial charge in [-0.1, -0.05) is 17.7 Å². The van der Waals surface area contributed by atoms with E-state index in [0.717, 1.165) is 35.8 Å². The highest BCUT2D eigenvalue weighted by Crippen LogP contribution is 2.27. The first-order valence-electron chi connectivity index (χ1n) is 8.78. The van der Waals surface area contributed by atoms with Gasteiger partial charge in [0, 0.05) is 6.54 Å². The Morgan fingerprint density at radius 1 is 1.24 bits per heavy atom. The van der Waals surface area contributed by atoms with E-state index in [-0.39, 0.29) is 0 Å². The van der Waals surface area contributed by atoms with Crippen molar-refractivity contribution in [2.45, 2.75) is 39.0 Å². The number of rotatable bonds is 7. The van der Waals surface area contributed by atoms with Crippen LogP contribution in [0.25, 0.3) is 0 Å². The zero-order chi connectivity index (χ0) is 17.5. The second-order valence-corrected chi connectivity index (χ2v) is 6.28. The molecule has 2 aromatic rings. The zero-order valence-corrected chi connectivity index (χ0v) is 14.9. The first kappa shape index (κ1) is 17.2. The lowest BCUT2D eigenvalue weighted by Crippen LogP contribution is -2.08. The van der Waals surface area contributed by atoms with Gasteiger partial charge in [0.2, 0.25) is 5.95 Å². The summed E-state index contributed by atoms with van der Waals surface area (Å²) in [5, 5.41) is 14.6. The second-order valence-electron chi connectivity index (χ2n) is 6.28. The quantitative estimate of drug-likeness (QED) is 0.735. The van der Waals surface area contributed by atoms with Gasteiger partial charge in [-0.05, 0) is 56.7 Å². The van der Waals surface area contributed by atoms with E-state index in [0.29, 0.717) is 5.95 Å². The number of hydrogen-bond acceptors (Lipinski definition) is 6. The standard InChI is InChI=1S/C19H25N5O/c1-14-8-9-17(25-2)16(12-14)22-19-23-18(13-21-24-19)20-11-10-15-6-4-3-5-7-15/h6,8-9,12-13H,3-5,7,10-11H2,1-2H3,(H2,20,22,23,24). The van der Waals surface area contributed by atoms with Gasteiger partial charge in [0.05, 0.1) is 19.0 Å². The molecule has 0 unspecified atom stereocenters. The van der Waals surface area contributed by atoms with E-state index in [4.69, 9.17) is 4.74 Å². The number of aromatic nitrogens is 3. The van der Waals surface area contributed by atoms with Crippen molar-refractivity contribution < 1.29 is 4.74 Å². The van der Waals surface area contributed by atoms with E-state index in [2.05, 4.69) is 31.9 Å². The molecule has 1 heterocycles. The van der Waals surface area contributed by atoms with Crippen molar-refractivity contribution in [2.24, 2.45) is 0 Å². The molecule has 3 rings (SSSR count). The number of ether oxygens (including phenoxy) is 1. The Bertz CT molecular complexity index is 744. The van der Waals surface area contributed by atoms with Gasteiger partial charge >= 0.3 is 0 Å². The first-order chi connectivity index (χ1) is 12.2. The molecule has 0 amide bonds. The molecular formula is C19H25N5O. The first-order valence-corrected chi connectivity index (χ1v) is 8.78. The second kappa shape index (κ2) is 8.46. The molecule has 2 N–H and O–H groups in total. The molecule has 0 radical (unpaired) electrons. The van der Waals surface area contributed by atoms with Crippen LogP contribution in [0.3, 0.4) is 0 Å². The molecular weight excluding hydrogens is 314 g/mol. The fraction of sp³-hybridized carbons (Fsp3) is 0.421. The maximum atomic E-state index is 5.37. The van der Waals surface area contributed by atoms with Crippen LogP contribution in [0.4, 0.5) is 17.5 Å². The molecule has 0 aliphatic heterocycles. The minimum Gasteiger partial charge on any atom is -0.495 e. The van der Waals surface area contributed by atoms with Crippen LogP contribution in [-0.4, -0.2) is 28.8 Å². The van der Waals surface area contributed by atoms with Gasteiger partial charge in [-0.25, -0.2) is 0 Å². The van der Waals surface area contributed by atoms with E-state index in [9.17, 15) is 0 Å². The smallest absolute Gasteiger partial charge is 0.249 e. The molecule has 0 fully saturated rings. The van der Waals surface area contributed by atoms with Crippen LogP contribution in [0, 0.1) is 6.92 Å². The highest BCUT2D eigenvalue weighted by molar-refractivity contribution is 5.63. The summed E-state index contributed by atoms with van der Waals surface area (Å²) < 4.78 is 5.37. The van der Waals surface area contributed by atoms with E-state index >= 15 is 0 Å². The minimum atomic E-state index is 0.450. The van der Waals surface area contributed by atoms with E-state index in [1.54, 1.807) is 18.9 Å². The number of hydrogen-bond donors (Lipinski definition) is 2. The number of nitrogens with zero attached hydrogens (tertiary/aromatic N) is 3. The molecule has 1 aliphatic carbocycles. The van der Waals surface area contributed by atoms with Gasteiger partial charge in [0.1, 0.15) is 5.75 Å². The number of allylic oxidation sites excluding steroid dienone is 1. The van der Waals surface area contributed by atoms with Crippen molar-refractivity contribution >= 4 is 17.5 Å². The van der Waals surface area contributed by atoms with Gasteiger partial charge in [-0.2, -0.15) is 10.1 Å². The number of benzene rings is 1. The average Bonchev–Trinajstić information content (AvgIpc) is 2.63. The Balaban J connectivity index is 1.61. The molecule has 132 valence electrons.